The maximum absolute atomic E-state index is 10.7. The van der Waals surface area contributed by atoms with Crippen LogP contribution in [-0.2, 0) is 4.79 Å². The summed E-state index contributed by atoms with van der Waals surface area (Å²) in [6, 6.07) is 0.357. The summed E-state index contributed by atoms with van der Waals surface area (Å²) >= 11 is 0. The van der Waals surface area contributed by atoms with E-state index in [1.807, 2.05) is 20.9 Å². The van der Waals surface area contributed by atoms with Crippen LogP contribution >= 0.6 is 0 Å². The molecule has 0 saturated heterocycles. The molecule has 2 N–H and O–H groups in total. The minimum Gasteiger partial charge on any atom is -0.355 e. The van der Waals surface area contributed by atoms with Crippen LogP contribution in [0.3, 0.4) is 0 Å². The normalized spacial score (nSPS) is 12.7. The monoisotopic (exact) mass is 144 g/mol. The molecule has 0 fully saturated rings. The van der Waals surface area contributed by atoms with E-state index in [4.69, 9.17) is 0 Å². The zero-order valence-electron chi connectivity index (χ0n) is 6.90. The number of hydrogen-bond donors (Lipinski definition) is 2. The molecule has 1 amide bonds. The van der Waals surface area contributed by atoms with Crippen LogP contribution in [0.5, 0.6) is 0 Å². The molecular formula is C7H16N2O. The molecule has 1 unspecified atom stereocenters. The summed E-state index contributed by atoms with van der Waals surface area (Å²) in [5.41, 5.74) is 0. The molecule has 0 rings (SSSR count). The highest BCUT2D eigenvalue weighted by molar-refractivity contribution is 5.75. The van der Waals surface area contributed by atoms with Crippen LogP contribution in [0.4, 0.5) is 0 Å². The first-order valence-corrected chi connectivity index (χ1v) is 3.64. The first-order chi connectivity index (χ1) is 4.70. The van der Waals surface area contributed by atoms with Gasteiger partial charge in [-0.25, -0.2) is 0 Å². The fourth-order valence-electron chi connectivity index (χ4n) is 0.494. The lowest BCUT2D eigenvalue weighted by Crippen LogP contribution is -2.36. The van der Waals surface area contributed by atoms with Crippen LogP contribution < -0.4 is 10.6 Å². The first-order valence-electron chi connectivity index (χ1n) is 3.64. The molecule has 0 bridgehead atoms. The highest BCUT2D eigenvalue weighted by atomic mass is 16.1. The zero-order chi connectivity index (χ0) is 7.98. The minimum atomic E-state index is 0.113. The Morgan fingerprint density at radius 3 is 2.60 bits per heavy atom. The highest BCUT2D eigenvalue weighted by Crippen LogP contribution is 1.78. The summed E-state index contributed by atoms with van der Waals surface area (Å²) in [6.45, 7) is 4.58. The summed E-state index contributed by atoms with van der Waals surface area (Å²) in [7, 11) is 1.88. The number of carbonyl (C=O) groups is 1. The summed E-state index contributed by atoms with van der Waals surface area (Å²) in [6.07, 6.45) is 0.566. The molecule has 0 aliphatic carbocycles. The average molecular weight is 144 g/mol. The van der Waals surface area contributed by atoms with Crippen molar-refractivity contribution in [2.24, 2.45) is 0 Å². The van der Waals surface area contributed by atoms with Crippen LogP contribution in [-0.4, -0.2) is 25.5 Å². The van der Waals surface area contributed by atoms with Gasteiger partial charge < -0.3 is 10.6 Å². The maximum atomic E-state index is 10.7. The van der Waals surface area contributed by atoms with E-state index in [1.165, 1.54) is 0 Å². The third kappa shape index (κ3) is 4.32. The number of nitrogens with one attached hydrogen (secondary N) is 2. The number of rotatable bonds is 4. The lowest BCUT2D eigenvalue weighted by molar-refractivity contribution is -0.120. The molecule has 3 nitrogen and oxygen atoms in total. The molecule has 0 spiro atoms. The number of carbonyl (C=O) groups excluding carboxylic acids is 1. The summed E-state index contributed by atoms with van der Waals surface area (Å²) in [4.78, 5) is 10.7. The quantitative estimate of drug-likeness (QED) is 0.588. The van der Waals surface area contributed by atoms with Gasteiger partial charge in [0.05, 0.1) is 0 Å². The Bertz CT molecular complexity index is 104. The smallest absolute Gasteiger partial charge is 0.219 e. The molecule has 0 aliphatic heterocycles. The second-order valence-electron chi connectivity index (χ2n) is 2.35. The highest BCUT2D eigenvalue weighted by Gasteiger charge is 1.99. The van der Waals surface area contributed by atoms with Gasteiger partial charge in [0.25, 0.3) is 0 Å². The van der Waals surface area contributed by atoms with Crippen LogP contribution in [0.15, 0.2) is 0 Å². The second-order valence-corrected chi connectivity index (χ2v) is 2.35. The van der Waals surface area contributed by atoms with Gasteiger partial charge in [-0.05, 0) is 14.0 Å². The van der Waals surface area contributed by atoms with E-state index >= 15 is 0 Å². The Morgan fingerprint density at radius 1 is 1.60 bits per heavy atom. The van der Waals surface area contributed by atoms with Crippen molar-refractivity contribution in [2.45, 2.75) is 26.3 Å². The topological polar surface area (TPSA) is 41.1 Å². The van der Waals surface area contributed by atoms with Gasteiger partial charge in [-0.15, -0.1) is 0 Å². The van der Waals surface area contributed by atoms with Gasteiger partial charge in [0.15, 0.2) is 0 Å². The van der Waals surface area contributed by atoms with E-state index < -0.39 is 0 Å². The van der Waals surface area contributed by atoms with Crippen molar-refractivity contribution < 1.29 is 4.79 Å². The first kappa shape index (κ1) is 9.43. The largest absolute Gasteiger partial charge is 0.355 e. The molecule has 3 heteroatoms. The molecule has 10 heavy (non-hydrogen) atoms. The molecule has 0 aliphatic rings. The molecule has 0 radical (unpaired) electrons. The van der Waals surface area contributed by atoms with Crippen LogP contribution in [0.2, 0.25) is 0 Å². The third-order valence-corrected chi connectivity index (χ3v) is 1.42. The molecule has 0 aromatic carbocycles. The Kier molecular flexibility index (Phi) is 4.94. The van der Waals surface area contributed by atoms with Crippen molar-refractivity contribution in [1.29, 1.82) is 0 Å². The number of likely N-dealkylation sites (N-methyl/N-ethyl adjacent to an activating group) is 1. The van der Waals surface area contributed by atoms with E-state index in [2.05, 4.69) is 10.6 Å². The Balaban J connectivity index is 3.26. The summed E-state index contributed by atoms with van der Waals surface area (Å²) in [5.74, 6) is 0.113. The van der Waals surface area contributed by atoms with Crippen molar-refractivity contribution in [3.8, 4) is 0 Å². The van der Waals surface area contributed by atoms with Crippen molar-refractivity contribution in [1.82, 2.24) is 10.6 Å². The van der Waals surface area contributed by atoms with E-state index in [1.54, 1.807) is 0 Å². The Hall–Kier alpha value is -0.570. The fourth-order valence-corrected chi connectivity index (χ4v) is 0.494. The predicted octanol–water partition coefficient (Wildman–Crippen LogP) is 0.120. The molecule has 1 atom stereocenters. The van der Waals surface area contributed by atoms with Gasteiger partial charge in [-0.2, -0.15) is 0 Å². The molecular weight excluding hydrogens is 128 g/mol. The summed E-state index contributed by atoms with van der Waals surface area (Å²) < 4.78 is 0. The average Bonchev–Trinajstić information content (AvgIpc) is 1.99. The Labute approximate surface area is 62.2 Å². The van der Waals surface area contributed by atoms with E-state index in [0.29, 0.717) is 19.0 Å². The van der Waals surface area contributed by atoms with Crippen molar-refractivity contribution in [3.63, 3.8) is 0 Å². The fraction of sp³-hybridized carbons (Fsp3) is 0.857. The lowest BCUT2D eigenvalue weighted by Gasteiger charge is -2.09. The summed E-state index contributed by atoms with van der Waals surface area (Å²) in [5, 5.41) is 5.81. The van der Waals surface area contributed by atoms with Crippen molar-refractivity contribution in [2.75, 3.05) is 13.6 Å². The lowest BCUT2D eigenvalue weighted by atomic mass is 10.3. The SMILES string of the molecule is CCC(=O)NCC(C)NC. The minimum absolute atomic E-state index is 0.113. The van der Waals surface area contributed by atoms with E-state index in [0.717, 1.165) is 0 Å². The van der Waals surface area contributed by atoms with Crippen molar-refractivity contribution in [3.05, 3.63) is 0 Å². The van der Waals surface area contributed by atoms with E-state index in [-0.39, 0.29) is 5.91 Å². The van der Waals surface area contributed by atoms with Gasteiger partial charge in [0, 0.05) is 19.0 Å². The molecule has 0 heterocycles. The predicted molar refractivity (Wildman–Crippen MR) is 41.8 cm³/mol. The van der Waals surface area contributed by atoms with Crippen LogP contribution in [0.25, 0.3) is 0 Å². The second kappa shape index (κ2) is 5.23. The van der Waals surface area contributed by atoms with Gasteiger partial charge in [0.1, 0.15) is 0 Å². The molecule has 0 aromatic rings. The molecule has 0 aromatic heterocycles. The molecule has 60 valence electrons. The van der Waals surface area contributed by atoms with Gasteiger partial charge in [-0.3, -0.25) is 4.79 Å². The number of hydrogen-bond acceptors (Lipinski definition) is 2. The van der Waals surface area contributed by atoms with E-state index in [9.17, 15) is 4.79 Å². The van der Waals surface area contributed by atoms with Gasteiger partial charge in [0.2, 0.25) is 5.91 Å². The maximum Gasteiger partial charge on any atom is 0.219 e. The Morgan fingerprint density at radius 2 is 2.20 bits per heavy atom. The van der Waals surface area contributed by atoms with Crippen LogP contribution in [0, 0.1) is 0 Å². The number of amides is 1. The zero-order valence-corrected chi connectivity index (χ0v) is 6.90. The van der Waals surface area contributed by atoms with Gasteiger partial charge in [-0.1, -0.05) is 6.92 Å². The third-order valence-electron chi connectivity index (χ3n) is 1.42. The van der Waals surface area contributed by atoms with Crippen LogP contribution in [0.1, 0.15) is 20.3 Å². The standard InChI is InChI=1S/C7H16N2O/c1-4-7(10)9-5-6(2)8-3/h6,8H,4-5H2,1-3H3,(H,9,10). The van der Waals surface area contributed by atoms with Crippen molar-refractivity contribution >= 4 is 5.91 Å². The molecule has 0 saturated carbocycles. The van der Waals surface area contributed by atoms with Gasteiger partial charge >= 0.3 is 0 Å².